The molecular formula is C25H30FN3O6S. The van der Waals surface area contributed by atoms with Gasteiger partial charge in [0, 0.05) is 24.8 Å². The molecular weight excluding hydrogens is 489 g/mol. The number of hydrogen-bond donors (Lipinski definition) is 2. The molecule has 194 valence electrons. The van der Waals surface area contributed by atoms with Crippen molar-refractivity contribution >= 4 is 27.5 Å². The van der Waals surface area contributed by atoms with Crippen molar-refractivity contribution in [3.8, 4) is 5.75 Å². The number of carbonyl (C=O) groups is 2. The van der Waals surface area contributed by atoms with Gasteiger partial charge in [0.05, 0.1) is 29.9 Å². The first-order chi connectivity index (χ1) is 17.2. The lowest BCUT2D eigenvalue weighted by Gasteiger charge is -2.42. The minimum Gasteiger partial charge on any atom is -0.490 e. The SMILES string of the molecule is CCS(=O)(=O)Nc1ccc2c(c1)C(=O)N(C)[C@@H]1CC[C@H](CC(=O)NCc3ccccc3F)O[C@H]1CO2. The van der Waals surface area contributed by atoms with Crippen molar-refractivity contribution < 1.29 is 31.9 Å². The Hall–Kier alpha value is -3.18. The Morgan fingerprint density at radius 2 is 1.97 bits per heavy atom. The van der Waals surface area contributed by atoms with Crippen LogP contribution in [0.15, 0.2) is 42.5 Å². The van der Waals surface area contributed by atoms with Gasteiger partial charge >= 0.3 is 0 Å². The Kier molecular flexibility index (Phi) is 7.79. The van der Waals surface area contributed by atoms with Crippen LogP contribution in [0.2, 0.25) is 0 Å². The molecule has 2 N–H and O–H groups in total. The van der Waals surface area contributed by atoms with E-state index < -0.39 is 16.1 Å². The molecule has 0 aliphatic carbocycles. The Morgan fingerprint density at radius 1 is 1.19 bits per heavy atom. The summed E-state index contributed by atoms with van der Waals surface area (Å²) in [4.78, 5) is 27.3. The third-order valence-corrected chi connectivity index (χ3v) is 7.82. The fraction of sp³-hybridized carbons (Fsp3) is 0.440. The standard InChI is InChI=1S/C25H30FN3O6S/c1-3-36(32,33)28-17-8-11-22-19(12-17)25(31)29(2)21-10-9-18(35-23(21)15-34-22)13-24(30)27-14-16-6-4-5-7-20(16)26/h4-8,11-12,18,21,23,28H,3,9-10,13-15H2,1-2H3,(H,27,30)/t18-,21-,23+/m1/s1. The zero-order chi connectivity index (χ0) is 25.9. The molecule has 0 bridgehead atoms. The molecule has 0 saturated carbocycles. The van der Waals surface area contributed by atoms with E-state index in [0.29, 0.717) is 29.8 Å². The van der Waals surface area contributed by atoms with Crippen molar-refractivity contribution in [1.29, 1.82) is 0 Å². The Bertz CT molecular complexity index is 1240. The summed E-state index contributed by atoms with van der Waals surface area (Å²) in [6, 6.07) is 10.6. The van der Waals surface area contributed by atoms with Crippen LogP contribution in [-0.4, -0.2) is 62.8 Å². The molecule has 0 spiro atoms. The summed E-state index contributed by atoms with van der Waals surface area (Å²) in [5.41, 5.74) is 0.967. The van der Waals surface area contributed by atoms with Crippen molar-refractivity contribution in [2.75, 3.05) is 24.1 Å². The van der Waals surface area contributed by atoms with E-state index in [2.05, 4.69) is 10.0 Å². The van der Waals surface area contributed by atoms with Crippen LogP contribution < -0.4 is 14.8 Å². The molecule has 4 rings (SSSR count). The topological polar surface area (TPSA) is 114 Å². The van der Waals surface area contributed by atoms with Gasteiger partial charge in [-0.1, -0.05) is 18.2 Å². The number of ether oxygens (including phenoxy) is 2. The second kappa shape index (κ2) is 10.8. The maximum absolute atomic E-state index is 13.8. The molecule has 2 amide bonds. The van der Waals surface area contributed by atoms with Crippen molar-refractivity contribution in [1.82, 2.24) is 10.2 Å². The van der Waals surface area contributed by atoms with Gasteiger partial charge in [0.1, 0.15) is 24.3 Å². The zero-order valence-electron chi connectivity index (χ0n) is 20.2. The van der Waals surface area contributed by atoms with Gasteiger partial charge < -0.3 is 19.7 Å². The molecule has 36 heavy (non-hydrogen) atoms. The normalized spacial score (nSPS) is 21.9. The van der Waals surface area contributed by atoms with Crippen molar-refractivity contribution in [3.05, 3.63) is 59.4 Å². The first-order valence-corrected chi connectivity index (χ1v) is 13.5. The van der Waals surface area contributed by atoms with Crippen LogP contribution in [0, 0.1) is 5.82 Å². The van der Waals surface area contributed by atoms with Crippen LogP contribution in [0.3, 0.4) is 0 Å². The van der Waals surface area contributed by atoms with Crippen LogP contribution in [0.1, 0.15) is 42.1 Å². The number of fused-ring (bicyclic) bond motifs is 2. The van der Waals surface area contributed by atoms with Gasteiger partial charge in [-0.25, -0.2) is 12.8 Å². The van der Waals surface area contributed by atoms with Gasteiger partial charge in [0.2, 0.25) is 15.9 Å². The summed E-state index contributed by atoms with van der Waals surface area (Å²) in [7, 11) is -1.81. The minimum absolute atomic E-state index is 0.0855. The first-order valence-electron chi connectivity index (χ1n) is 11.9. The first kappa shape index (κ1) is 25.9. The largest absolute Gasteiger partial charge is 0.490 e. The molecule has 1 saturated heterocycles. The highest BCUT2D eigenvalue weighted by atomic mass is 32.2. The second-order valence-electron chi connectivity index (χ2n) is 8.96. The van der Waals surface area contributed by atoms with Gasteiger partial charge in [-0.3, -0.25) is 14.3 Å². The monoisotopic (exact) mass is 519 g/mol. The minimum atomic E-state index is -3.49. The van der Waals surface area contributed by atoms with E-state index in [-0.39, 0.29) is 60.7 Å². The molecule has 11 heteroatoms. The number of amides is 2. The second-order valence-corrected chi connectivity index (χ2v) is 11.0. The predicted molar refractivity (Wildman–Crippen MR) is 132 cm³/mol. The summed E-state index contributed by atoms with van der Waals surface area (Å²) in [6.07, 6.45) is 0.494. The molecule has 9 nitrogen and oxygen atoms in total. The lowest BCUT2D eigenvalue weighted by atomic mass is 9.94. The van der Waals surface area contributed by atoms with Crippen LogP contribution in [0.25, 0.3) is 0 Å². The Balaban J connectivity index is 1.40. The lowest BCUT2D eigenvalue weighted by molar-refractivity contribution is -0.134. The molecule has 0 unspecified atom stereocenters. The molecule has 0 radical (unpaired) electrons. The van der Waals surface area contributed by atoms with E-state index in [4.69, 9.17) is 9.47 Å². The van der Waals surface area contributed by atoms with Crippen molar-refractivity contribution in [2.24, 2.45) is 0 Å². The number of anilines is 1. The fourth-order valence-electron chi connectivity index (χ4n) is 4.46. The molecule has 0 aromatic heterocycles. The summed E-state index contributed by atoms with van der Waals surface area (Å²) >= 11 is 0. The number of rotatable bonds is 7. The van der Waals surface area contributed by atoms with Gasteiger partial charge in [-0.2, -0.15) is 0 Å². The highest BCUT2D eigenvalue weighted by molar-refractivity contribution is 7.92. The number of halogens is 1. The number of nitrogens with one attached hydrogen (secondary N) is 2. The number of benzene rings is 2. The lowest BCUT2D eigenvalue weighted by Crippen LogP contribution is -2.53. The van der Waals surface area contributed by atoms with E-state index in [1.807, 2.05) is 0 Å². The van der Waals surface area contributed by atoms with Crippen LogP contribution in [0.4, 0.5) is 10.1 Å². The summed E-state index contributed by atoms with van der Waals surface area (Å²) in [5, 5.41) is 2.73. The molecule has 1 fully saturated rings. The van der Waals surface area contributed by atoms with Crippen molar-refractivity contribution in [2.45, 2.75) is 51.0 Å². The van der Waals surface area contributed by atoms with E-state index >= 15 is 0 Å². The molecule has 2 aliphatic heterocycles. The average molecular weight is 520 g/mol. The maximum Gasteiger partial charge on any atom is 0.257 e. The number of likely N-dealkylation sites (N-methyl/N-ethyl adjacent to an activating group) is 1. The molecule has 2 heterocycles. The van der Waals surface area contributed by atoms with E-state index in [0.717, 1.165) is 0 Å². The van der Waals surface area contributed by atoms with Gasteiger partial charge in [-0.05, 0) is 44.0 Å². The van der Waals surface area contributed by atoms with E-state index in [9.17, 15) is 22.4 Å². The summed E-state index contributed by atoms with van der Waals surface area (Å²) < 4.78 is 52.2. The van der Waals surface area contributed by atoms with Gasteiger partial charge in [-0.15, -0.1) is 0 Å². The molecule has 3 atom stereocenters. The average Bonchev–Trinajstić information content (AvgIpc) is 2.86. The molecule has 2 aromatic carbocycles. The van der Waals surface area contributed by atoms with Gasteiger partial charge in [0.25, 0.3) is 5.91 Å². The zero-order valence-corrected chi connectivity index (χ0v) is 21.0. The van der Waals surface area contributed by atoms with E-state index in [1.165, 1.54) is 19.1 Å². The maximum atomic E-state index is 13.8. The Labute approximate surface area is 210 Å². The quantitative estimate of drug-likeness (QED) is 0.582. The molecule has 2 aromatic rings. The smallest absolute Gasteiger partial charge is 0.257 e. The third-order valence-electron chi connectivity index (χ3n) is 6.51. The highest BCUT2D eigenvalue weighted by Gasteiger charge is 2.39. The van der Waals surface area contributed by atoms with Crippen LogP contribution in [0.5, 0.6) is 5.75 Å². The van der Waals surface area contributed by atoms with E-state index in [1.54, 1.807) is 42.3 Å². The summed E-state index contributed by atoms with van der Waals surface area (Å²) in [6.45, 7) is 1.79. The van der Waals surface area contributed by atoms with Gasteiger partial charge in [0.15, 0.2) is 0 Å². The third kappa shape index (κ3) is 5.96. The Morgan fingerprint density at radius 3 is 2.72 bits per heavy atom. The predicted octanol–water partition coefficient (Wildman–Crippen LogP) is 2.67. The fourth-order valence-corrected chi connectivity index (χ4v) is 5.09. The van der Waals surface area contributed by atoms with Crippen molar-refractivity contribution in [3.63, 3.8) is 0 Å². The van der Waals surface area contributed by atoms with Crippen LogP contribution >= 0.6 is 0 Å². The highest BCUT2D eigenvalue weighted by Crippen LogP contribution is 2.32. The molecule has 2 aliphatic rings. The number of hydrogen-bond acceptors (Lipinski definition) is 6. The number of nitrogens with zero attached hydrogens (tertiary/aromatic N) is 1. The number of carbonyl (C=O) groups excluding carboxylic acids is 2. The van der Waals surface area contributed by atoms with Crippen LogP contribution in [-0.2, 0) is 26.1 Å². The summed E-state index contributed by atoms with van der Waals surface area (Å²) in [5.74, 6) is -0.674. The number of sulfonamides is 1.